The van der Waals surface area contributed by atoms with Gasteiger partial charge in [0.25, 0.3) is 5.91 Å². The van der Waals surface area contributed by atoms with Gasteiger partial charge in [-0.3, -0.25) is 4.79 Å². The van der Waals surface area contributed by atoms with Crippen molar-refractivity contribution in [1.82, 2.24) is 4.90 Å². The van der Waals surface area contributed by atoms with Crippen LogP contribution in [0.2, 0.25) is 0 Å². The van der Waals surface area contributed by atoms with Crippen molar-refractivity contribution in [2.45, 2.75) is 19.1 Å². The largest absolute Gasteiger partial charge is 0.371 e. The van der Waals surface area contributed by atoms with Crippen LogP contribution in [0.5, 0.6) is 0 Å². The normalized spacial score (nSPS) is 23.5. The second-order valence-electron chi connectivity index (χ2n) is 4.56. The highest BCUT2D eigenvalue weighted by atomic mass is 127. The van der Waals surface area contributed by atoms with Crippen LogP contribution in [0.25, 0.3) is 0 Å². The number of rotatable bonds is 2. The topological polar surface area (TPSA) is 29.5 Å². The van der Waals surface area contributed by atoms with Crippen LogP contribution in [0.1, 0.15) is 17.3 Å². The van der Waals surface area contributed by atoms with Gasteiger partial charge >= 0.3 is 0 Å². The third-order valence-electron chi connectivity index (χ3n) is 2.94. The molecule has 1 aromatic rings. The number of ether oxygens (including phenoxy) is 1. The fraction of sp³-hybridized carbons (Fsp3) is 0.462. The first-order valence-electron chi connectivity index (χ1n) is 5.97. The fourth-order valence-corrected chi connectivity index (χ4v) is 3.41. The zero-order chi connectivity index (χ0) is 14.0. The molecule has 0 aromatic heterocycles. The van der Waals surface area contributed by atoms with Gasteiger partial charge in [0.2, 0.25) is 0 Å². The van der Waals surface area contributed by atoms with E-state index in [1.807, 2.05) is 30.0 Å². The van der Waals surface area contributed by atoms with E-state index in [1.165, 1.54) is 0 Å². The van der Waals surface area contributed by atoms with Crippen LogP contribution in [0, 0.1) is 3.57 Å². The Morgan fingerprint density at radius 2 is 2.26 bits per heavy atom. The molecule has 0 N–H and O–H groups in total. The minimum absolute atomic E-state index is 0.0671. The third kappa shape index (κ3) is 3.92. The summed E-state index contributed by atoms with van der Waals surface area (Å²) in [5.74, 6) is 0.0757. The molecular formula is C13H14Br2INO2. The molecule has 1 aliphatic heterocycles. The van der Waals surface area contributed by atoms with Crippen molar-refractivity contribution in [3.63, 3.8) is 0 Å². The van der Waals surface area contributed by atoms with E-state index in [4.69, 9.17) is 4.74 Å². The highest BCUT2D eigenvalue weighted by molar-refractivity contribution is 14.1. The zero-order valence-corrected chi connectivity index (χ0v) is 15.7. The lowest BCUT2D eigenvalue weighted by molar-refractivity contribution is -0.0560. The van der Waals surface area contributed by atoms with Crippen LogP contribution in [0.3, 0.4) is 0 Å². The number of hydrogen-bond donors (Lipinski definition) is 0. The summed E-state index contributed by atoms with van der Waals surface area (Å²) in [5.41, 5.74) is 0.748. The first-order valence-corrected chi connectivity index (χ1v) is 8.96. The van der Waals surface area contributed by atoms with E-state index in [1.54, 1.807) is 0 Å². The molecule has 104 valence electrons. The molecule has 1 aliphatic rings. The standard InChI is InChI=1S/C13H14Br2INO2/c1-8-6-17(7-10(5-14)19-8)13(18)11-4-9(15)2-3-12(11)16/h2-4,8,10H,5-7H2,1H3. The smallest absolute Gasteiger partial charge is 0.255 e. The molecule has 0 radical (unpaired) electrons. The molecule has 3 nitrogen and oxygen atoms in total. The van der Waals surface area contributed by atoms with E-state index in [2.05, 4.69) is 54.5 Å². The number of halogens is 3. The van der Waals surface area contributed by atoms with Gasteiger partial charge in [0, 0.05) is 26.5 Å². The Balaban J connectivity index is 2.21. The monoisotopic (exact) mass is 501 g/mol. The number of morpholine rings is 1. The summed E-state index contributed by atoms with van der Waals surface area (Å²) in [6.45, 7) is 3.28. The molecule has 0 spiro atoms. The number of benzene rings is 1. The zero-order valence-electron chi connectivity index (χ0n) is 10.4. The fourth-order valence-electron chi connectivity index (χ4n) is 2.13. The second-order valence-corrected chi connectivity index (χ2v) is 7.28. The molecule has 2 unspecified atom stereocenters. The number of amides is 1. The van der Waals surface area contributed by atoms with Gasteiger partial charge < -0.3 is 9.64 Å². The summed E-state index contributed by atoms with van der Waals surface area (Å²) in [4.78, 5) is 14.5. The highest BCUT2D eigenvalue weighted by Crippen LogP contribution is 2.22. The van der Waals surface area contributed by atoms with Crippen molar-refractivity contribution in [3.05, 3.63) is 31.8 Å². The minimum Gasteiger partial charge on any atom is -0.371 e. The molecule has 6 heteroatoms. The van der Waals surface area contributed by atoms with E-state index >= 15 is 0 Å². The van der Waals surface area contributed by atoms with Crippen LogP contribution in [-0.4, -0.2) is 41.4 Å². The Morgan fingerprint density at radius 3 is 2.95 bits per heavy atom. The Kier molecular flexibility index (Phi) is 5.68. The Hall–Kier alpha value is 0.340. The summed E-state index contributed by atoms with van der Waals surface area (Å²) in [7, 11) is 0. The lowest BCUT2D eigenvalue weighted by Crippen LogP contribution is -2.49. The quantitative estimate of drug-likeness (QED) is 0.456. The van der Waals surface area contributed by atoms with Crippen LogP contribution in [0.4, 0.5) is 0 Å². The maximum Gasteiger partial charge on any atom is 0.255 e. The van der Waals surface area contributed by atoms with Gasteiger partial charge in [0.05, 0.1) is 17.8 Å². The molecule has 1 heterocycles. The number of alkyl halides is 1. The predicted octanol–water partition coefficient (Wildman–Crippen LogP) is 3.68. The lowest BCUT2D eigenvalue weighted by Gasteiger charge is -2.36. The molecule has 1 saturated heterocycles. The van der Waals surface area contributed by atoms with Gasteiger partial charge in [-0.2, -0.15) is 0 Å². The van der Waals surface area contributed by atoms with Gasteiger partial charge in [-0.1, -0.05) is 31.9 Å². The van der Waals surface area contributed by atoms with Crippen LogP contribution < -0.4 is 0 Å². The molecule has 2 rings (SSSR count). The van der Waals surface area contributed by atoms with Crippen molar-refractivity contribution < 1.29 is 9.53 Å². The van der Waals surface area contributed by atoms with Gasteiger partial charge in [0.1, 0.15) is 0 Å². The predicted molar refractivity (Wildman–Crippen MR) is 90.9 cm³/mol. The molecule has 0 aliphatic carbocycles. The van der Waals surface area contributed by atoms with Crippen molar-refractivity contribution in [2.24, 2.45) is 0 Å². The minimum atomic E-state index is 0.0671. The van der Waals surface area contributed by atoms with E-state index in [9.17, 15) is 4.79 Å². The number of hydrogen-bond acceptors (Lipinski definition) is 2. The van der Waals surface area contributed by atoms with Gasteiger partial charge in [-0.05, 0) is 47.7 Å². The summed E-state index contributed by atoms with van der Waals surface area (Å²) in [6, 6.07) is 5.78. The molecule has 1 aromatic carbocycles. The lowest BCUT2D eigenvalue weighted by atomic mass is 10.1. The van der Waals surface area contributed by atoms with Gasteiger partial charge in [-0.25, -0.2) is 0 Å². The molecular weight excluding hydrogens is 489 g/mol. The van der Waals surface area contributed by atoms with Crippen LogP contribution in [-0.2, 0) is 4.74 Å². The molecule has 0 saturated carbocycles. The second kappa shape index (κ2) is 6.87. The van der Waals surface area contributed by atoms with Gasteiger partial charge in [-0.15, -0.1) is 0 Å². The van der Waals surface area contributed by atoms with Crippen LogP contribution >= 0.6 is 54.5 Å². The van der Waals surface area contributed by atoms with Crippen molar-refractivity contribution in [1.29, 1.82) is 0 Å². The Bertz CT molecular complexity index is 484. The maximum atomic E-state index is 12.6. The van der Waals surface area contributed by atoms with E-state index in [0.29, 0.717) is 13.1 Å². The summed E-state index contributed by atoms with van der Waals surface area (Å²) >= 11 is 9.04. The summed E-state index contributed by atoms with van der Waals surface area (Å²) in [6.07, 6.45) is 0.141. The Labute approximate surface area is 143 Å². The number of carbonyl (C=O) groups excluding carboxylic acids is 1. The SMILES string of the molecule is CC1CN(C(=O)c2cc(Br)ccc2I)CC(CBr)O1. The first kappa shape index (κ1) is 15.7. The van der Waals surface area contributed by atoms with E-state index in [0.717, 1.165) is 18.9 Å². The van der Waals surface area contributed by atoms with Crippen molar-refractivity contribution >= 4 is 60.4 Å². The number of carbonyl (C=O) groups is 1. The molecule has 1 amide bonds. The molecule has 19 heavy (non-hydrogen) atoms. The maximum absolute atomic E-state index is 12.6. The van der Waals surface area contributed by atoms with Gasteiger partial charge in [0.15, 0.2) is 0 Å². The highest BCUT2D eigenvalue weighted by Gasteiger charge is 2.29. The molecule has 2 atom stereocenters. The average Bonchev–Trinajstić information content (AvgIpc) is 2.40. The van der Waals surface area contributed by atoms with Crippen molar-refractivity contribution in [3.8, 4) is 0 Å². The number of nitrogens with zero attached hydrogens (tertiary/aromatic N) is 1. The third-order valence-corrected chi connectivity index (χ3v) is 5.10. The van der Waals surface area contributed by atoms with E-state index < -0.39 is 0 Å². The molecule has 1 fully saturated rings. The summed E-state index contributed by atoms with van der Waals surface area (Å²) < 4.78 is 7.65. The van der Waals surface area contributed by atoms with Crippen LogP contribution in [0.15, 0.2) is 22.7 Å². The van der Waals surface area contributed by atoms with E-state index in [-0.39, 0.29) is 18.1 Å². The van der Waals surface area contributed by atoms with Crippen molar-refractivity contribution in [2.75, 3.05) is 18.4 Å². The Morgan fingerprint density at radius 1 is 1.53 bits per heavy atom. The summed E-state index contributed by atoms with van der Waals surface area (Å²) in [5, 5.41) is 0.747. The first-order chi connectivity index (χ1) is 9.01. The average molecular weight is 503 g/mol. The molecule has 0 bridgehead atoms.